The molecule has 2 N–H and O–H groups in total. The predicted molar refractivity (Wildman–Crippen MR) is 132 cm³/mol. The van der Waals surface area contributed by atoms with Crippen LogP contribution < -0.4 is 5.48 Å². The Morgan fingerprint density at radius 3 is 1.77 bits per heavy atom. The van der Waals surface area contributed by atoms with E-state index in [0.717, 1.165) is 17.4 Å². The molecule has 0 spiro atoms. The zero-order valence-corrected chi connectivity index (χ0v) is 20.7. The Labute approximate surface area is 207 Å². The minimum atomic E-state index is -0.590. The number of aldehydes is 1. The Morgan fingerprint density at radius 2 is 1.34 bits per heavy atom. The average molecular weight is 488 g/mol. The second-order valence-electron chi connectivity index (χ2n) is 7.95. The lowest BCUT2D eigenvalue weighted by Gasteiger charge is -2.17. The van der Waals surface area contributed by atoms with E-state index in [1.165, 1.54) is 0 Å². The maximum atomic E-state index is 11.7. The standard InChI is InChI=1S/C15H21NO4.C12H16O3/c1-3-14(20-16-12(2)10-17)9-15(18)19-11-13-7-5-4-6-8-13;1-2-11(13)8-12(14)15-9-10-6-4-3-5-7-10/h4-8,10,12,14,16H,3,9,11H2,1-2H3;3-7,11,13H,2,8-9H2,1H3/t12-,14?;/m0./s1. The van der Waals surface area contributed by atoms with Gasteiger partial charge < -0.3 is 19.4 Å². The topological polar surface area (TPSA) is 111 Å². The normalized spacial score (nSPS) is 12.9. The number of carbonyl (C=O) groups is 3. The van der Waals surface area contributed by atoms with Crippen LogP contribution in [0.25, 0.3) is 0 Å². The number of hydrogen-bond acceptors (Lipinski definition) is 8. The highest BCUT2D eigenvalue weighted by atomic mass is 16.7. The molecule has 35 heavy (non-hydrogen) atoms. The molecule has 2 aromatic carbocycles. The molecule has 0 aliphatic rings. The summed E-state index contributed by atoms with van der Waals surface area (Å²) in [5.74, 6) is -0.672. The summed E-state index contributed by atoms with van der Waals surface area (Å²) in [4.78, 5) is 38.6. The number of esters is 2. The molecule has 0 saturated heterocycles. The molecule has 0 aliphatic carbocycles. The molecule has 0 saturated carbocycles. The van der Waals surface area contributed by atoms with Gasteiger partial charge in [-0.3, -0.25) is 14.4 Å². The first-order chi connectivity index (χ1) is 16.9. The van der Waals surface area contributed by atoms with Gasteiger partial charge in [0.25, 0.3) is 0 Å². The fourth-order valence-corrected chi connectivity index (χ4v) is 2.62. The highest BCUT2D eigenvalue weighted by Gasteiger charge is 2.15. The van der Waals surface area contributed by atoms with E-state index in [9.17, 15) is 19.5 Å². The monoisotopic (exact) mass is 487 g/mol. The molecule has 3 atom stereocenters. The van der Waals surface area contributed by atoms with Gasteiger partial charge in [0, 0.05) is 0 Å². The number of hydroxylamine groups is 1. The third-order valence-electron chi connectivity index (χ3n) is 4.83. The molecule has 8 heteroatoms. The highest BCUT2D eigenvalue weighted by Crippen LogP contribution is 2.07. The molecule has 0 radical (unpaired) electrons. The first-order valence-electron chi connectivity index (χ1n) is 11.8. The van der Waals surface area contributed by atoms with Gasteiger partial charge in [-0.05, 0) is 30.9 Å². The van der Waals surface area contributed by atoms with Gasteiger partial charge in [0.2, 0.25) is 0 Å². The van der Waals surface area contributed by atoms with Crippen molar-refractivity contribution >= 4 is 18.2 Å². The number of hydrogen-bond donors (Lipinski definition) is 2. The van der Waals surface area contributed by atoms with Crippen molar-refractivity contribution in [3.8, 4) is 0 Å². The Balaban J connectivity index is 0.000000365. The van der Waals surface area contributed by atoms with E-state index in [2.05, 4.69) is 5.48 Å². The number of carbonyl (C=O) groups excluding carboxylic acids is 3. The molecule has 0 aromatic heterocycles. The van der Waals surface area contributed by atoms with E-state index in [1.807, 2.05) is 74.5 Å². The Kier molecular flexibility index (Phi) is 15.7. The van der Waals surface area contributed by atoms with Crippen LogP contribution in [0.4, 0.5) is 0 Å². The van der Waals surface area contributed by atoms with E-state index in [-0.39, 0.29) is 44.1 Å². The van der Waals surface area contributed by atoms with Gasteiger partial charge in [-0.1, -0.05) is 74.5 Å². The summed E-state index contributed by atoms with van der Waals surface area (Å²) >= 11 is 0. The summed E-state index contributed by atoms with van der Waals surface area (Å²) in [5.41, 5.74) is 4.49. The first-order valence-corrected chi connectivity index (χ1v) is 11.8. The molecular formula is C27H37NO7. The average Bonchev–Trinajstić information content (AvgIpc) is 2.89. The third-order valence-corrected chi connectivity index (χ3v) is 4.83. The lowest BCUT2D eigenvalue weighted by molar-refractivity contribution is -0.151. The van der Waals surface area contributed by atoms with Crippen molar-refractivity contribution < 1.29 is 33.8 Å². The van der Waals surface area contributed by atoms with Crippen molar-refractivity contribution in [2.45, 2.75) is 77.9 Å². The molecule has 0 heterocycles. The van der Waals surface area contributed by atoms with Crippen molar-refractivity contribution in [2.75, 3.05) is 0 Å². The van der Waals surface area contributed by atoms with Gasteiger partial charge in [0.1, 0.15) is 19.5 Å². The van der Waals surface area contributed by atoms with E-state index in [4.69, 9.17) is 14.3 Å². The van der Waals surface area contributed by atoms with Gasteiger partial charge >= 0.3 is 11.9 Å². The molecule has 2 aromatic rings. The lowest BCUT2D eigenvalue weighted by atomic mass is 10.2. The summed E-state index contributed by atoms with van der Waals surface area (Å²) in [5, 5.41) is 9.22. The van der Waals surface area contributed by atoms with Crippen molar-refractivity contribution in [2.24, 2.45) is 0 Å². The second kappa shape index (κ2) is 18.3. The predicted octanol–water partition coefficient (Wildman–Crippen LogP) is 3.90. The molecule has 0 fully saturated rings. The van der Waals surface area contributed by atoms with Gasteiger partial charge in [-0.25, -0.2) is 0 Å². The van der Waals surface area contributed by atoms with E-state index < -0.39 is 12.1 Å². The maximum absolute atomic E-state index is 11.7. The molecule has 192 valence electrons. The zero-order valence-electron chi connectivity index (χ0n) is 20.7. The van der Waals surface area contributed by atoms with Crippen molar-refractivity contribution in [3.63, 3.8) is 0 Å². The largest absolute Gasteiger partial charge is 0.461 e. The zero-order chi connectivity index (χ0) is 25.9. The number of nitrogens with one attached hydrogen (secondary N) is 1. The van der Waals surface area contributed by atoms with Crippen LogP contribution in [0.1, 0.15) is 57.6 Å². The molecule has 0 aliphatic heterocycles. The summed E-state index contributed by atoms with van der Waals surface area (Å²) in [6, 6.07) is 18.6. The molecule has 0 amide bonds. The third kappa shape index (κ3) is 14.7. The lowest BCUT2D eigenvalue weighted by Crippen LogP contribution is -2.33. The van der Waals surface area contributed by atoms with Gasteiger partial charge in [0.05, 0.1) is 31.1 Å². The van der Waals surface area contributed by atoms with Crippen LogP contribution in [0.2, 0.25) is 0 Å². The Morgan fingerprint density at radius 1 is 0.857 bits per heavy atom. The van der Waals surface area contributed by atoms with Crippen LogP contribution in [0.5, 0.6) is 0 Å². The molecule has 2 unspecified atom stereocenters. The maximum Gasteiger partial charge on any atom is 0.308 e. The molecule has 0 bridgehead atoms. The second-order valence-corrected chi connectivity index (χ2v) is 7.95. The van der Waals surface area contributed by atoms with E-state index in [1.54, 1.807) is 6.92 Å². The van der Waals surface area contributed by atoms with Crippen LogP contribution >= 0.6 is 0 Å². The number of ether oxygens (including phenoxy) is 2. The van der Waals surface area contributed by atoms with Gasteiger partial charge in [-0.2, -0.15) is 5.48 Å². The summed E-state index contributed by atoms with van der Waals surface area (Å²) in [6.45, 7) is 5.94. The van der Waals surface area contributed by atoms with Crippen LogP contribution in [0.3, 0.4) is 0 Å². The van der Waals surface area contributed by atoms with Gasteiger partial charge in [-0.15, -0.1) is 0 Å². The Bertz CT molecular complexity index is 845. The van der Waals surface area contributed by atoms with Crippen LogP contribution in [-0.4, -0.2) is 41.6 Å². The molecule has 2 rings (SSSR count). The van der Waals surface area contributed by atoms with Crippen LogP contribution in [-0.2, 0) is 41.9 Å². The summed E-state index contributed by atoms with van der Waals surface area (Å²) in [6.07, 6.45) is 1.29. The number of benzene rings is 2. The smallest absolute Gasteiger partial charge is 0.308 e. The quantitative estimate of drug-likeness (QED) is 0.235. The van der Waals surface area contributed by atoms with Gasteiger partial charge in [0.15, 0.2) is 0 Å². The fourth-order valence-electron chi connectivity index (χ4n) is 2.62. The Hall–Kier alpha value is -3.07. The van der Waals surface area contributed by atoms with E-state index >= 15 is 0 Å². The summed E-state index contributed by atoms with van der Waals surface area (Å²) < 4.78 is 10.2. The SMILES string of the molecule is CCC(CC(=O)OCc1ccccc1)ON[C@@H](C)C=O.CCC(O)CC(=O)OCc1ccccc1. The van der Waals surface area contributed by atoms with Crippen molar-refractivity contribution in [3.05, 3.63) is 71.8 Å². The number of rotatable bonds is 14. The first kappa shape index (κ1) is 30.0. The van der Waals surface area contributed by atoms with E-state index in [0.29, 0.717) is 12.8 Å². The fraction of sp³-hybridized carbons (Fsp3) is 0.444. The van der Waals surface area contributed by atoms with Crippen molar-refractivity contribution in [1.82, 2.24) is 5.48 Å². The van der Waals surface area contributed by atoms with Crippen LogP contribution in [0, 0.1) is 0 Å². The number of aliphatic hydroxyl groups is 1. The van der Waals surface area contributed by atoms with Crippen molar-refractivity contribution in [1.29, 1.82) is 0 Å². The molecular weight excluding hydrogens is 450 g/mol. The van der Waals surface area contributed by atoms with Crippen LogP contribution in [0.15, 0.2) is 60.7 Å². The number of aliphatic hydroxyl groups excluding tert-OH is 1. The molecule has 8 nitrogen and oxygen atoms in total. The highest BCUT2D eigenvalue weighted by molar-refractivity contribution is 5.70. The minimum absolute atomic E-state index is 0.0728. The summed E-state index contributed by atoms with van der Waals surface area (Å²) in [7, 11) is 0. The minimum Gasteiger partial charge on any atom is -0.461 e.